The fourth-order valence-electron chi connectivity index (χ4n) is 3.77. The van der Waals surface area contributed by atoms with Crippen LogP contribution in [0.5, 0.6) is 0 Å². The summed E-state index contributed by atoms with van der Waals surface area (Å²) >= 11 is 0. The van der Waals surface area contributed by atoms with Gasteiger partial charge in [-0.15, -0.1) is 0 Å². The van der Waals surface area contributed by atoms with E-state index in [2.05, 4.69) is 16.0 Å². The van der Waals surface area contributed by atoms with Gasteiger partial charge in [-0.1, -0.05) is 36.4 Å². The van der Waals surface area contributed by atoms with Gasteiger partial charge in [0.2, 0.25) is 11.8 Å². The van der Waals surface area contributed by atoms with Crippen LogP contribution in [0.2, 0.25) is 0 Å². The molecule has 2 atom stereocenters. The second kappa shape index (κ2) is 7.95. The molecule has 1 aromatic carbocycles. The molecule has 1 fully saturated rings. The van der Waals surface area contributed by atoms with Crippen LogP contribution in [0.15, 0.2) is 47.8 Å². The predicted octanol–water partition coefficient (Wildman–Crippen LogP) is 0.594. The summed E-state index contributed by atoms with van der Waals surface area (Å²) in [6.07, 6.45) is 3.38. The molecule has 162 valence electrons. The van der Waals surface area contributed by atoms with E-state index < -0.39 is 41.9 Å². The van der Waals surface area contributed by atoms with Crippen LogP contribution in [0.1, 0.15) is 23.6 Å². The highest BCUT2D eigenvalue weighted by Crippen LogP contribution is 2.48. The van der Waals surface area contributed by atoms with Gasteiger partial charge < -0.3 is 20.7 Å². The average molecular weight is 428 g/mol. The van der Waals surface area contributed by atoms with Gasteiger partial charge in [-0.2, -0.15) is 0 Å². The number of benzene rings is 1. The van der Waals surface area contributed by atoms with Crippen LogP contribution in [0.4, 0.5) is 9.18 Å². The number of nitrogens with zero attached hydrogens (tertiary/aromatic N) is 1. The van der Waals surface area contributed by atoms with E-state index in [0.717, 1.165) is 10.5 Å². The zero-order valence-electron chi connectivity index (χ0n) is 16.7. The number of carbonyl (C=O) groups is 4. The fourth-order valence-corrected chi connectivity index (χ4v) is 3.77. The van der Waals surface area contributed by atoms with Gasteiger partial charge in [0.05, 0.1) is 18.7 Å². The Hall–Kier alpha value is -3.53. The molecular weight excluding hydrogens is 407 g/mol. The monoisotopic (exact) mass is 428 g/mol. The number of urea groups is 1. The van der Waals surface area contributed by atoms with Crippen LogP contribution >= 0.6 is 0 Å². The van der Waals surface area contributed by atoms with Crippen LogP contribution < -0.4 is 16.0 Å². The molecule has 3 N–H and O–H groups in total. The van der Waals surface area contributed by atoms with Gasteiger partial charge in [-0.3, -0.25) is 19.3 Å². The minimum Gasteiger partial charge on any atom is -0.380 e. The summed E-state index contributed by atoms with van der Waals surface area (Å²) in [5.74, 6) is -2.00. The highest BCUT2D eigenvalue weighted by atomic mass is 19.1. The maximum atomic E-state index is 13.6. The Morgan fingerprint density at radius 2 is 2.03 bits per heavy atom. The lowest BCUT2D eigenvalue weighted by Gasteiger charge is -2.46. The Bertz CT molecular complexity index is 1000. The number of nitrogens with one attached hydrogen (secondary N) is 3. The summed E-state index contributed by atoms with van der Waals surface area (Å²) < 4.78 is 18.7. The van der Waals surface area contributed by atoms with Crippen molar-refractivity contribution in [1.29, 1.82) is 0 Å². The molecule has 1 heterocycles. The smallest absolute Gasteiger partial charge is 0.325 e. The van der Waals surface area contributed by atoms with E-state index in [-0.39, 0.29) is 18.8 Å². The highest BCUT2D eigenvalue weighted by Gasteiger charge is 2.49. The Labute approximate surface area is 177 Å². The molecule has 1 aromatic rings. The van der Waals surface area contributed by atoms with Crippen molar-refractivity contribution < 1.29 is 28.3 Å². The Morgan fingerprint density at radius 3 is 2.55 bits per heavy atom. The molecule has 1 saturated heterocycles. The molecule has 0 saturated carbocycles. The van der Waals surface area contributed by atoms with E-state index in [0.29, 0.717) is 17.7 Å². The van der Waals surface area contributed by atoms with E-state index in [1.165, 1.54) is 0 Å². The number of imide groups is 1. The number of rotatable bonds is 8. The van der Waals surface area contributed by atoms with Crippen molar-refractivity contribution in [1.82, 2.24) is 20.9 Å². The first kappa shape index (κ1) is 20.7. The van der Waals surface area contributed by atoms with Gasteiger partial charge in [0.1, 0.15) is 18.4 Å². The van der Waals surface area contributed by atoms with E-state index in [4.69, 9.17) is 4.74 Å². The van der Waals surface area contributed by atoms with Gasteiger partial charge in [-0.05, 0) is 11.1 Å². The molecule has 0 bridgehead atoms. The number of ether oxygens (including phenoxy) is 1. The van der Waals surface area contributed by atoms with Gasteiger partial charge in [0.25, 0.3) is 5.91 Å². The first-order valence-electron chi connectivity index (χ1n) is 9.69. The number of halogens is 1. The normalized spacial score (nSPS) is 22.3. The van der Waals surface area contributed by atoms with Crippen molar-refractivity contribution in [3.8, 4) is 0 Å². The second-order valence-electron chi connectivity index (χ2n) is 7.60. The Balaban J connectivity index is 1.51. The van der Waals surface area contributed by atoms with Crippen LogP contribution in [0.25, 0.3) is 0 Å². The quantitative estimate of drug-likeness (QED) is 0.524. The predicted molar refractivity (Wildman–Crippen MR) is 106 cm³/mol. The number of amides is 5. The minimum atomic E-state index is -1.10. The number of hydrogen-bond acceptors (Lipinski definition) is 5. The van der Waals surface area contributed by atoms with Crippen molar-refractivity contribution in [2.75, 3.05) is 20.2 Å². The van der Waals surface area contributed by atoms with Crippen molar-refractivity contribution >= 4 is 23.8 Å². The average Bonchev–Trinajstić information content (AvgIpc) is 3.04. The first-order valence-corrected chi connectivity index (χ1v) is 9.69. The molecule has 31 heavy (non-hydrogen) atoms. The summed E-state index contributed by atoms with van der Waals surface area (Å²) in [4.78, 5) is 49.8. The second-order valence-corrected chi connectivity index (χ2v) is 7.60. The lowest BCUT2D eigenvalue weighted by molar-refractivity contribution is -0.133. The third kappa shape index (κ3) is 3.81. The summed E-state index contributed by atoms with van der Waals surface area (Å²) in [5.41, 5.74) is 0.960. The summed E-state index contributed by atoms with van der Waals surface area (Å²) in [5, 5.41) is 7.71. The van der Waals surface area contributed by atoms with Crippen molar-refractivity contribution in [2.45, 2.75) is 24.6 Å². The molecule has 9 nitrogen and oxygen atoms in total. The summed E-state index contributed by atoms with van der Waals surface area (Å²) in [6, 6.07) is 5.12. The minimum absolute atomic E-state index is 0.0699. The van der Waals surface area contributed by atoms with Gasteiger partial charge in [0, 0.05) is 19.1 Å². The van der Waals surface area contributed by atoms with E-state index in [1.54, 1.807) is 43.5 Å². The van der Waals surface area contributed by atoms with Gasteiger partial charge in [-0.25, -0.2) is 9.18 Å². The number of methoxy groups -OCH3 is 1. The SMILES string of the molecule is COCc1ccc([C@@H](NC(=O)CN2C(=O)CNC2=O)C(=O)NC23C=CC2=C(F)C3)cc1. The van der Waals surface area contributed by atoms with Crippen LogP contribution in [-0.2, 0) is 25.7 Å². The Kier molecular flexibility index (Phi) is 5.32. The van der Waals surface area contributed by atoms with E-state index >= 15 is 0 Å². The lowest BCUT2D eigenvalue weighted by Crippen LogP contribution is -2.59. The molecule has 0 radical (unpaired) electrons. The molecule has 1 unspecified atom stereocenters. The van der Waals surface area contributed by atoms with Gasteiger partial charge >= 0.3 is 6.03 Å². The maximum Gasteiger partial charge on any atom is 0.325 e. The van der Waals surface area contributed by atoms with Crippen molar-refractivity contribution in [3.63, 3.8) is 0 Å². The molecular formula is C21H21FN4O5. The molecule has 1 aliphatic heterocycles. The standard InChI is InChI=1S/C21H21FN4O5/c1-31-11-12-2-4-13(5-3-12)18(19(29)25-21-7-6-14(21)15(22)8-21)24-16(27)10-26-17(28)9-23-20(26)30/h2-7,18H,8-11H2,1H3,(H,23,30)(H,24,27)(H,25,29)/t18-,21?/m1/s1. The largest absolute Gasteiger partial charge is 0.380 e. The molecule has 2 aliphatic carbocycles. The molecule has 4 rings (SSSR count). The third-order valence-corrected chi connectivity index (χ3v) is 5.52. The van der Waals surface area contributed by atoms with Crippen LogP contribution in [0, 0.1) is 0 Å². The number of fused-ring (bicyclic) bond motifs is 1. The number of hydrogen-bond donors (Lipinski definition) is 3. The number of carbonyl (C=O) groups excluding carboxylic acids is 4. The summed E-state index contributed by atoms with van der Waals surface area (Å²) in [6.45, 7) is -0.301. The van der Waals surface area contributed by atoms with E-state index in [9.17, 15) is 23.6 Å². The molecule has 3 aliphatic rings. The highest BCUT2D eigenvalue weighted by molar-refractivity contribution is 6.04. The third-order valence-electron chi connectivity index (χ3n) is 5.52. The molecule has 10 heteroatoms. The zero-order valence-corrected chi connectivity index (χ0v) is 16.7. The van der Waals surface area contributed by atoms with Crippen LogP contribution in [-0.4, -0.2) is 54.4 Å². The Morgan fingerprint density at radius 1 is 1.29 bits per heavy atom. The zero-order chi connectivity index (χ0) is 22.2. The van der Waals surface area contributed by atoms with E-state index in [1.807, 2.05) is 0 Å². The topological polar surface area (TPSA) is 117 Å². The van der Waals surface area contributed by atoms with Crippen LogP contribution in [0.3, 0.4) is 0 Å². The summed E-state index contributed by atoms with van der Waals surface area (Å²) in [7, 11) is 1.56. The molecule has 0 spiro atoms. The molecule has 0 aromatic heterocycles. The fraction of sp³-hybridized carbons (Fsp3) is 0.333. The van der Waals surface area contributed by atoms with Crippen molar-refractivity contribution in [2.24, 2.45) is 0 Å². The van der Waals surface area contributed by atoms with Gasteiger partial charge in [0.15, 0.2) is 0 Å². The maximum absolute atomic E-state index is 13.6. The lowest BCUT2D eigenvalue weighted by atomic mass is 9.67. The van der Waals surface area contributed by atoms with Crippen molar-refractivity contribution in [3.05, 3.63) is 58.9 Å². The first-order chi connectivity index (χ1) is 14.8. The molecule has 5 amide bonds.